The first kappa shape index (κ1) is 23.9. The second-order valence-corrected chi connectivity index (χ2v) is 8.28. The standard InChI is InChI=1S/C24H24N2O6S/c1-4-16-8-6-7-9-19(16)32-14-20(27)25-23-22(24(28)31-5-2)21(15(3)33-23)17-10-12-18(13-11-17)26(29)30/h6-13H,4-5,14H2,1-3H3,(H,25,27). The minimum Gasteiger partial charge on any atom is -0.483 e. The number of carbonyl (C=O) groups is 2. The second kappa shape index (κ2) is 10.7. The number of hydrogen-bond donors (Lipinski definition) is 1. The number of nitro benzene ring substituents is 1. The van der Waals surface area contributed by atoms with Crippen LogP contribution in [0.3, 0.4) is 0 Å². The van der Waals surface area contributed by atoms with Crippen molar-refractivity contribution in [3.05, 3.63) is 74.6 Å². The van der Waals surface area contributed by atoms with Crippen molar-refractivity contribution in [2.45, 2.75) is 27.2 Å². The Kier molecular flexibility index (Phi) is 7.78. The van der Waals surface area contributed by atoms with Crippen LogP contribution in [0, 0.1) is 17.0 Å². The number of nitro groups is 1. The number of thiophene rings is 1. The molecule has 0 bridgehead atoms. The van der Waals surface area contributed by atoms with E-state index in [-0.39, 0.29) is 24.5 Å². The smallest absolute Gasteiger partial charge is 0.341 e. The number of para-hydroxylation sites is 1. The molecule has 0 atom stereocenters. The fourth-order valence-electron chi connectivity index (χ4n) is 3.37. The lowest BCUT2D eigenvalue weighted by atomic mass is 10.0. The molecule has 1 aromatic heterocycles. The highest BCUT2D eigenvalue weighted by Gasteiger charge is 2.26. The topological polar surface area (TPSA) is 108 Å². The number of amides is 1. The Bertz CT molecular complexity index is 1170. The Labute approximate surface area is 195 Å². The van der Waals surface area contributed by atoms with E-state index in [0.717, 1.165) is 16.9 Å². The van der Waals surface area contributed by atoms with Gasteiger partial charge in [0.25, 0.3) is 11.6 Å². The number of non-ortho nitro benzene ring substituents is 1. The molecule has 1 amide bonds. The zero-order valence-corrected chi connectivity index (χ0v) is 19.4. The van der Waals surface area contributed by atoms with Crippen molar-refractivity contribution in [1.29, 1.82) is 0 Å². The van der Waals surface area contributed by atoms with Gasteiger partial charge in [0.2, 0.25) is 0 Å². The minimum absolute atomic E-state index is 0.0534. The summed E-state index contributed by atoms with van der Waals surface area (Å²) < 4.78 is 10.9. The Morgan fingerprint density at radius 3 is 2.42 bits per heavy atom. The molecule has 0 fully saturated rings. The summed E-state index contributed by atoms with van der Waals surface area (Å²) in [7, 11) is 0. The van der Waals surface area contributed by atoms with Gasteiger partial charge in [0, 0.05) is 22.6 Å². The first-order chi connectivity index (χ1) is 15.8. The molecule has 172 valence electrons. The predicted molar refractivity (Wildman–Crippen MR) is 127 cm³/mol. The van der Waals surface area contributed by atoms with Gasteiger partial charge in [0.15, 0.2) is 6.61 Å². The molecular formula is C24H24N2O6S. The van der Waals surface area contributed by atoms with Crippen LogP contribution < -0.4 is 10.1 Å². The monoisotopic (exact) mass is 468 g/mol. The van der Waals surface area contributed by atoms with Crippen LogP contribution in [-0.2, 0) is 16.0 Å². The van der Waals surface area contributed by atoms with Crippen LogP contribution in [0.1, 0.15) is 34.6 Å². The molecule has 0 aliphatic rings. The van der Waals surface area contributed by atoms with Crippen molar-refractivity contribution in [3.63, 3.8) is 0 Å². The van der Waals surface area contributed by atoms with Gasteiger partial charge in [-0.1, -0.05) is 25.1 Å². The van der Waals surface area contributed by atoms with Crippen molar-refractivity contribution in [2.24, 2.45) is 0 Å². The molecule has 0 radical (unpaired) electrons. The lowest BCUT2D eigenvalue weighted by Crippen LogP contribution is -2.21. The highest BCUT2D eigenvalue weighted by atomic mass is 32.1. The van der Waals surface area contributed by atoms with E-state index < -0.39 is 16.8 Å². The van der Waals surface area contributed by atoms with Crippen LogP contribution in [0.25, 0.3) is 11.1 Å². The van der Waals surface area contributed by atoms with Crippen LogP contribution in [0.2, 0.25) is 0 Å². The molecule has 0 aliphatic carbocycles. The van der Waals surface area contributed by atoms with Gasteiger partial charge in [0.1, 0.15) is 16.3 Å². The Morgan fingerprint density at radius 2 is 1.79 bits per heavy atom. The Hall–Kier alpha value is -3.72. The fraction of sp³-hybridized carbons (Fsp3) is 0.250. The van der Waals surface area contributed by atoms with Crippen LogP contribution in [0.15, 0.2) is 48.5 Å². The third kappa shape index (κ3) is 5.56. The van der Waals surface area contributed by atoms with E-state index in [1.807, 2.05) is 32.0 Å². The van der Waals surface area contributed by atoms with Gasteiger partial charge in [-0.25, -0.2) is 4.79 Å². The van der Waals surface area contributed by atoms with Crippen molar-refractivity contribution >= 4 is 33.9 Å². The SMILES string of the molecule is CCOC(=O)c1c(NC(=O)COc2ccccc2CC)sc(C)c1-c1ccc([N+](=O)[O-])cc1. The number of esters is 1. The van der Waals surface area contributed by atoms with Gasteiger partial charge in [-0.3, -0.25) is 14.9 Å². The third-order valence-electron chi connectivity index (χ3n) is 4.90. The van der Waals surface area contributed by atoms with E-state index in [9.17, 15) is 19.7 Å². The summed E-state index contributed by atoms with van der Waals surface area (Å²) in [6, 6.07) is 13.4. The average molecular weight is 469 g/mol. The number of aryl methyl sites for hydroxylation is 2. The lowest BCUT2D eigenvalue weighted by molar-refractivity contribution is -0.384. The van der Waals surface area contributed by atoms with Crippen LogP contribution in [0.4, 0.5) is 10.7 Å². The zero-order valence-electron chi connectivity index (χ0n) is 18.5. The maximum atomic E-state index is 12.8. The van der Waals surface area contributed by atoms with E-state index in [0.29, 0.717) is 21.9 Å². The predicted octanol–water partition coefficient (Wildman–Crippen LogP) is 5.39. The van der Waals surface area contributed by atoms with Crippen molar-refractivity contribution in [3.8, 4) is 16.9 Å². The molecule has 0 spiro atoms. The van der Waals surface area contributed by atoms with Crippen molar-refractivity contribution in [1.82, 2.24) is 0 Å². The molecule has 3 aromatic rings. The van der Waals surface area contributed by atoms with E-state index in [4.69, 9.17) is 9.47 Å². The van der Waals surface area contributed by atoms with E-state index in [1.54, 1.807) is 25.1 Å². The Morgan fingerprint density at radius 1 is 1.09 bits per heavy atom. The first-order valence-electron chi connectivity index (χ1n) is 10.4. The largest absolute Gasteiger partial charge is 0.483 e. The lowest BCUT2D eigenvalue weighted by Gasteiger charge is -2.11. The van der Waals surface area contributed by atoms with E-state index >= 15 is 0 Å². The molecule has 2 aromatic carbocycles. The van der Waals surface area contributed by atoms with Crippen molar-refractivity contribution < 1.29 is 24.0 Å². The van der Waals surface area contributed by atoms with E-state index in [1.165, 1.54) is 23.5 Å². The molecule has 1 heterocycles. The summed E-state index contributed by atoms with van der Waals surface area (Å²) in [5, 5.41) is 14.1. The molecule has 1 N–H and O–H groups in total. The molecular weight excluding hydrogens is 444 g/mol. The van der Waals surface area contributed by atoms with Gasteiger partial charge in [-0.2, -0.15) is 0 Å². The molecule has 0 aliphatic heterocycles. The molecule has 8 nitrogen and oxygen atoms in total. The van der Waals surface area contributed by atoms with Gasteiger partial charge in [0.05, 0.1) is 11.5 Å². The number of nitrogens with zero attached hydrogens (tertiary/aromatic N) is 1. The molecule has 9 heteroatoms. The molecule has 3 rings (SSSR count). The summed E-state index contributed by atoms with van der Waals surface area (Å²) in [4.78, 5) is 36.7. The van der Waals surface area contributed by atoms with Crippen molar-refractivity contribution in [2.75, 3.05) is 18.5 Å². The normalized spacial score (nSPS) is 10.5. The van der Waals surface area contributed by atoms with Gasteiger partial charge < -0.3 is 14.8 Å². The van der Waals surface area contributed by atoms with Crippen LogP contribution >= 0.6 is 11.3 Å². The molecule has 0 saturated heterocycles. The number of benzene rings is 2. The summed E-state index contributed by atoms with van der Waals surface area (Å²) >= 11 is 1.24. The summed E-state index contributed by atoms with van der Waals surface area (Å²) in [6.07, 6.45) is 0.771. The minimum atomic E-state index is -0.581. The number of anilines is 1. The third-order valence-corrected chi connectivity index (χ3v) is 5.92. The average Bonchev–Trinajstić information content (AvgIpc) is 3.13. The summed E-state index contributed by atoms with van der Waals surface area (Å²) in [5.41, 5.74) is 2.34. The number of nitrogens with one attached hydrogen (secondary N) is 1. The number of ether oxygens (including phenoxy) is 2. The second-order valence-electron chi connectivity index (χ2n) is 7.06. The highest BCUT2D eigenvalue weighted by Crippen LogP contribution is 2.40. The van der Waals surface area contributed by atoms with E-state index in [2.05, 4.69) is 5.32 Å². The number of rotatable bonds is 9. The number of carbonyl (C=O) groups excluding carboxylic acids is 2. The van der Waals surface area contributed by atoms with Gasteiger partial charge in [-0.15, -0.1) is 11.3 Å². The molecule has 33 heavy (non-hydrogen) atoms. The molecule has 0 unspecified atom stereocenters. The summed E-state index contributed by atoms with van der Waals surface area (Å²) in [5.74, 6) is -0.361. The fourth-order valence-corrected chi connectivity index (χ4v) is 4.45. The van der Waals surface area contributed by atoms with Gasteiger partial charge in [-0.05, 0) is 49.6 Å². The highest BCUT2D eigenvalue weighted by molar-refractivity contribution is 7.17. The maximum Gasteiger partial charge on any atom is 0.341 e. The molecule has 0 saturated carbocycles. The quantitative estimate of drug-likeness (QED) is 0.256. The number of hydrogen-bond acceptors (Lipinski definition) is 7. The maximum absolute atomic E-state index is 12.8. The summed E-state index contributed by atoms with van der Waals surface area (Å²) in [6.45, 7) is 5.45. The Balaban J connectivity index is 1.88. The first-order valence-corrected chi connectivity index (χ1v) is 11.2. The van der Waals surface area contributed by atoms with Gasteiger partial charge >= 0.3 is 5.97 Å². The zero-order chi connectivity index (χ0) is 24.0. The van der Waals surface area contributed by atoms with Crippen LogP contribution in [-0.4, -0.2) is 30.0 Å². The van der Waals surface area contributed by atoms with Crippen LogP contribution in [0.5, 0.6) is 5.75 Å².